The van der Waals surface area contributed by atoms with Gasteiger partial charge in [-0.25, -0.2) is 4.39 Å². The Balaban J connectivity index is 2.99. The van der Waals surface area contributed by atoms with E-state index in [1.807, 2.05) is 0 Å². The fourth-order valence-corrected chi connectivity index (χ4v) is 1.17. The molecule has 0 amide bonds. The van der Waals surface area contributed by atoms with E-state index < -0.39 is 0 Å². The smallest absolute Gasteiger partial charge is 0.0827 e. The highest BCUT2D eigenvalue weighted by Gasteiger charge is 1.85. The van der Waals surface area contributed by atoms with Gasteiger partial charge in [-0.3, -0.25) is 0 Å². The van der Waals surface area contributed by atoms with Gasteiger partial charge in [-0.05, 0) is 32.1 Å². The van der Waals surface area contributed by atoms with Gasteiger partial charge in [0, 0.05) is 0 Å². The van der Waals surface area contributed by atoms with Crippen LogP contribution < -0.4 is 0 Å². The van der Waals surface area contributed by atoms with Crippen molar-refractivity contribution < 1.29 is 4.39 Å². The highest BCUT2D eigenvalue weighted by atomic mass is 19.1. The van der Waals surface area contributed by atoms with Crippen molar-refractivity contribution >= 4 is 0 Å². The van der Waals surface area contributed by atoms with Crippen LogP contribution in [0, 0.1) is 0 Å². The fraction of sp³-hybridized carbons (Fsp3) is 0.667. The van der Waals surface area contributed by atoms with Crippen molar-refractivity contribution in [2.24, 2.45) is 0 Å². The van der Waals surface area contributed by atoms with Crippen LogP contribution >= 0.6 is 0 Å². The van der Waals surface area contributed by atoms with E-state index in [1.165, 1.54) is 32.1 Å². The van der Waals surface area contributed by atoms with E-state index >= 15 is 0 Å². The summed E-state index contributed by atoms with van der Waals surface area (Å²) in [5.41, 5.74) is 0. The van der Waals surface area contributed by atoms with E-state index in [4.69, 9.17) is 0 Å². The van der Waals surface area contributed by atoms with Gasteiger partial charge in [0.15, 0.2) is 0 Å². The summed E-state index contributed by atoms with van der Waals surface area (Å²) in [6.07, 6.45) is 14.8. The largest absolute Gasteiger partial charge is 0.216 e. The molecule has 13 heavy (non-hydrogen) atoms. The average molecular weight is 184 g/mol. The third-order valence-electron chi connectivity index (χ3n) is 1.95. The normalized spacial score (nSPS) is 11.8. The number of unbranched alkanes of at least 4 members (excludes halogenated alkanes) is 5. The minimum atomic E-state index is 0.640. The second-order valence-electron chi connectivity index (χ2n) is 3.26. The Morgan fingerprint density at radius 1 is 0.846 bits per heavy atom. The number of hydrogen-bond donors (Lipinski definition) is 0. The molecule has 0 heterocycles. The lowest BCUT2D eigenvalue weighted by molar-refractivity contribution is 0.676. The van der Waals surface area contributed by atoms with Gasteiger partial charge in [0.1, 0.15) is 0 Å². The van der Waals surface area contributed by atoms with Crippen molar-refractivity contribution in [3.8, 4) is 0 Å². The molecule has 0 bridgehead atoms. The van der Waals surface area contributed by atoms with E-state index in [9.17, 15) is 4.39 Å². The molecule has 0 aliphatic carbocycles. The lowest BCUT2D eigenvalue weighted by Crippen LogP contribution is -1.74. The Morgan fingerprint density at radius 3 is 2.08 bits per heavy atom. The molecule has 0 spiro atoms. The summed E-state index contributed by atoms with van der Waals surface area (Å²) in [5, 5.41) is 0. The van der Waals surface area contributed by atoms with Crippen molar-refractivity contribution in [3.63, 3.8) is 0 Å². The molecule has 0 aliphatic rings. The molecule has 0 saturated heterocycles. The molecular formula is C12H21F. The summed E-state index contributed by atoms with van der Waals surface area (Å²) >= 11 is 0. The number of hydrogen-bond acceptors (Lipinski definition) is 0. The maximum absolute atomic E-state index is 11.5. The predicted molar refractivity (Wildman–Crippen MR) is 57.4 cm³/mol. The fourth-order valence-electron chi connectivity index (χ4n) is 1.17. The first-order valence-electron chi connectivity index (χ1n) is 5.32. The highest BCUT2D eigenvalue weighted by molar-refractivity contribution is 4.81. The molecule has 0 saturated carbocycles. The van der Waals surface area contributed by atoms with Gasteiger partial charge in [0.25, 0.3) is 0 Å². The minimum Gasteiger partial charge on any atom is -0.216 e. The Morgan fingerprint density at radius 2 is 1.46 bits per heavy atom. The van der Waals surface area contributed by atoms with E-state index in [1.54, 1.807) is 6.08 Å². The summed E-state index contributed by atoms with van der Waals surface area (Å²) in [6.45, 7) is 2.19. The average Bonchev–Trinajstić information content (AvgIpc) is 2.16. The Kier molecular flexibility index (Phi) is 10.9. The molecule has 1 heteroatoms. The van der Waals surface area contributed by atoms with Crippen LogP contribution in [-0.4, -0.2) is 0 Å². The van der Waals surface area contributed by atoms with Crippen molar-refractivity contribution in [2.75, 3.05) is 0 Å². The molecule has 0 aromatic rings. The highest BCUT2D eigenvalue weighted by Crippen LogP contribution is 2.04. The van der Waals surface area contributed by atoms with Gasteiger partial charge < -0.3 is 0 Å². The molecule has 0 rings (SSSR count). The van der Waals surface area contributed by atoms with Gasteiger partial charge >= 0.3 is 0 Å². The van der Waals surface area contributed by atoms with Gasteiger partial charge in [-0.2, -0.15) is 0 Å². The quantitative estimate of drug-likeness (QED) is 0.376. The standard InChI is InChI=1S/C12H21F/c1-2-3-4-5-6-7-8-9-10-11-12-13/h4-5,11-12H,2-3,6-10H2,1H3. The number of rotatable bonds is 8. The number of allylic oxidation sites excluding steroid dienone is 3. The third kappa shape index (κ3) is 11.4. The zero-order valence-corrected chi connectivity index (χ0v) is 8.64. The topological polar surface area (TPSA) is 0 Å². The van der Waals surface area contributed by atoms with E-state index in [0.29, 0.717) is 6.33 Å². The second-order valence-corrected chi connectivity index (χ2v) is 3.26. The first-order valence-corrected chi connectivity index (χ1v) is 5.32. The van der Waals surface area contributed by atoms with Crippen molar-refractivity contribution in [3.05, 3.63) is 24.6 Å². The van der Waals surface area contributed by atoms with Crippen LogP contribution in [-0.2, 0) is 0 Å². The van der Waals surface area contributed by atoms with Gasteiger partial charge in [-0.15, -0.1) is 0 Å². The monoisotopic (exact) mass is 184 g/mol. The summed E-state index contributed by atoms with van der Waals surface area (Å²) in [6, 6.07) is 0. The predicted octanol–water partition coefficient (Wildman–Crippen LogP) is 4.78. The first kappa shape index (κ1) is 12.4. The third-order valence-corrected chi connectivity index (χ3v) is 1.95. The molecule has 0 aromatic heterocycles. The molecule has 0 aliphatic heterocycles. The molecule has 76 valence electrons. The van der Waals surface area contributed by atoms with Crippen LogP contribution in [0.4, 0.5) is 4.39 Å². The van der Waals surface area contributed by atoms with E-state index in [2.05, 4.69) is 19.1 Å². The van der Waals surface area contributed by atoms with Crippen molar-refractivity contribution in [1.29, 1.82) is 0 Å². The molecule has 0 aromatic carbocycles. The molecular weight excluding hydrogens is 163 g/mol. The van der Waals surface area contributed by atoms with Crippen LogP contribution in [0.3, 0.4) is 0 Å². The van der Waals surface area contributed by atoms with Crippen molar-refractivity contribution in [1.82, 2.24) is 0 Å². The molecule has 0 fully saturated rings. The SMILES string of the molecule is CCCC=CCCCCCC=CF. The Hall–Kier alpha value is -0.590. The van der Waals surface area contributed by atoms with Crippen LogP contribution in [0.25, 0.3) is 0 Å². The van der Waals surface area contributed by atoms with Gasteiger partial charge in [0.2, 0.25) is 0 Å². The lowest BCUT2D eigenvalue weighted by atomic mass is 10.1. The van der Waals surface area contributed by atoms with Crippen LogP contribution in [0.2, 0.25) is 0 Å². The van der Waals surface area contributed by atoms with Crippen LogP contribution in [0.15, 0.2) is 24.6 Å². The summed E-state index contributed by atoms with van der Waals surface area (Å²) in [5.74, 6) is 0. The lowest BCUT2D eigenvalue weighted by Gasteiger charge is -1.94. The molecule has 0 N–H and O–H groups in total. The van der Waals surface area contributed by atoms with Crippen LogP contribution in [0.5, 0.6) is 0 Å². The maximum Gasteiger partial charge on any atom is 0.0827 e. The summed E-state index contributed by atoms with van der Waals surface area (Å²) < 4.78 is 11.5. The summed E-state index contributed by atoms with van der Waals surface area (Å²) in [4.78, 5) is 0. The van der Waals surface area contributed by atoms with Gasteiger partial charge in [-0.1, -0.05) is 38.0 Å². The van der Waals surface area contributed by atoms with E-state index in [-0.39, 0.29) is 0 Å². The van der Waals surface area contributed by atoms with E-state index in [0.717, 1.165) is 12.8 Å². The second kappa shape index (κ2) is 11.4. The molecule has 0 unspecified atom stereocenters. The number of halogens is 1. The Labute approximate surface area is 81.5 Å². The molecule has 0 radical (unpaired) electrons. The molecule has 0 atom stereocenters. The first-order chi connectivity index (χ1) is 6.41. The van der Waals surface area contributed by atoms with Crippen LogP contribution in [0.1, 0.15) is 51.9 Å². The zero-order valence-electron chi connectivity index (χ0n) is 8.64. The molecule has 0 nitrogen and oxygen atoms in total. The van der Waals surface area contributed by atoms with Crippen molar-refractivity contribution in [2.45, 2.75) is 51.9 Å². The minimum absolute atomic E-state index is 0.640. The maximum atomic E-state index is 11.5. The summed E-state index contributed by atoms with van der Waals surface area (Å²) in [7, 11) is 0. The zero-order chi connectivity index (χ0) is 9.78. The Bertz CT molecular complexity index is 136. The van der Waals surface area contributed by atoms with Gasteiger partial charge in [0.05, 0.1) is 6.33 Å².